The second kappa shape index (κ2) is 2.96. The molecule has 1 aliphatic carbocycles. The molecule has 1 aliphatic rings. The molecular weight excluding hydrogens is 186 g/mol. The zero-order valence-corrected chi connectivity index (χ0v) is 8.71. The lowest BCUT2D eigenvalue weighted by Crippen LogP contribution is -1.87. The van der Waals surface area contributed by atoms with Crippen LogP contribution in [0.25, 0.3) is 10.9 Å². The minimum atomic E-state index is 0.296. The predicted octanol–water partition coefficient (Wildman–Crippen LogP) is 2.61. The van der Waals surface area contributed by atoms with Crippen LogP contribution in [0, 0.1) is 12.8 Å². The van der Waals surface area contributed by atoms with Crippen LogP contribution in [0.15, 0.2) is 24.4 Å². The van der Waals surface area contributed by atoms with Gasteiger partial charge in [-0.3, -0.25) is 4.79 Å². The summed E-state index contributed by atoms with van der Waals surface area (Å²) in [5, 5.41) is 1.27. The highest BCUT2D eigenvalue weighted by molar-refractivity contribution is 5.97. The van der Waals surface area contributed by atoms with Gasteiger partial charge in [-0.1, -0.05) is 18.2 Å². The molecule has 0 amide bonds. The number of ketones is 1. The average Bonchev–Trinajstić information content (AvgIpc) is 2.75. The number of nitrogens with one attached hydrogen (secondary N) is 1. The standard InChI is InChI=1S/C13H13NO/c1-8-3-2-4-11-10(7-14-13(8)11)5-9-6-12(9)15/h2-4,7,9,14H,5-6H2,1H3/t9-/m1/s1. The van der Waals surface area contributed by atoms with Crippen molar-refractivity contribution in [2.45, 2.75) is 19.8 Å². The summed E-state index contributed by atoms with van der Waals surface area (Å²) in [7, 11) is 0. The van der Waals surface area contributed by atoms with Crippen LogP contribution in [0.2, 0.25) is 0 Å². The van der Waals surface area contributed by atoms with E-state index in [2.05, 4.69) is 30.1 Å². The number of fused-ring (bicyclic) bond motifs is 1. The van der Waals surface area contributed by atoms with Crippen molar-refractivity contribution in [1.29, 1.82) is 0 Å². The van der Waals surface area contributed by atoms with E-state index in [4.69, 9.17) is 0 Å². The first-order valence-electron chi connectivity index (χ1n) is 5.34. The lowest BCUT2D eigenvalue weighted by Gasteiger charge is -1.97. The van der Waals surface area contributed by atoms with Crippen molar-refractivity contribution in [3.63, 3.8) is 0 Å². The Morgan fingerprint density at radius 1 is 1.47 bits per heavy atom. The van der Waals surface area contributed by atoms with Gasteiger partial charge in [0.25, 0.3) is 0 Å². The average molecular weight is 199 g/mol. The molecule has 0 radical (unpaired) electrons. The van der Waals surface area contributed by atoms with E-state index in [-0.39, 0.29) is 0 Å². The first-order valence-corrected chi connectivity index (χ1v) is 5.34. The lowest BCUT2D eigenvalue weighted by atomic mass is 10.1. The van der Waals surface area contributed by atoms with E-state index in [9.17, 15) is 4.79 Å². The van der Waals surface area contributed by atoms with Gasteiger partial charge in [-0.15, -0.1) is 0 Å². The summed E-state index contributed by atoms with van der Waals surface area (Å²) in [5.74, 6) is 0.710. The lowest BCUT2D eigenvalue weighted by molar-refractivity contribution is -0.111. The summed E-state index contributed by atoms with van der Waals surface area (Å²) in [6.07, 6.45) is 3.73. The van der Waals surface area contributed by atoms with Crippen molar-refractivity contribution < 1.29 is 4.79 Å². The molecule has 2 aromatic rings. The van der Waals surface area contributed by atoms with Crippen molar-refractivity contribution in [3.8, 4) is 0 Å². The summed E-state index contributed by atoms with van der Waals surface area (Å²) in [4.78, 5) is 14.3. The Labute approximate surface area is 88.3 Å². The fourth-order valence-corrected chi connectivity index (χ4v) is 2.17. The van der Waals surface area contributed by atoms with Gasteiger partial charge in [0.2, 0.25) is 0 Å². The fraction of sp³-hybridized carbons (Fsp3) is 0.308. The largest absolute Gasteiger partial charge is 0.361 e. The van der Waals surface area contributed by atoms with Crippen LogP contribution in [0.3, 0.4) is 0 Å². The number of H-pyrrole nitrogens is 1. The summed E-state index contributed by atoms with van der Waals surface area (Å²) in [5.41, 5.74) is 3.76. The molecule has 0 aliphatic heterocycles. The number of carbonyl (C=O) groups is 1. The molecule has 0 bridgehead atoms. The van der Waals surface area contributed by atoms with Gasteiger partial charge in [0.05, 0.1) is 0 Å². The molecule has 2 nitrogen and oxygen atoms in total. The monoisotopic (exact) mass is 199 g/mol. The number of rotatable bonds is 2. The molecule has 1 N–H and O–H groups in total. The third-order valence-corrected chi connectivity index (χ3v) is 3.22. The van der Waals surface area contributed by atoms with Gasteiger partial charge in [0.15, 0.2) is 0 Å². The summed E-state index contributed by atoms with van der Waals surface area (Å²) in [6.45, 7) is 2.10. The number of Topliss-reactive ketones (excluding diaryl/α,β-unsaturated/α-hetero) is 1. The Kier molecular flexibility index (Phi) is 1.72. The van der Waals surface area contributed by atoms with Crippen LogP contribution < -0.4 is 0 Å². The highest BCUT2D eigenvalue weighted by Gasteiger charge is 2.34. The first kappa shape index (κ1) is 8.72. The van der Waals surface area contributed by atoms with E-state index in [1.807, 2.05) is 6.20 Å². The first-order chi connectivity index (χ1) is 7.25. The van der Waals surface area contributed by atoms with Gasteiger partial charge in [-0.2, -0.15) is 0 Å². The molecule has 1 aromatic carbocycles. The van der Waals surface area contributed by atoms with Gasteiger partial charge in [0.1, 0.15) is 5.78 Å². The molecule has 0 unspecified atom stereocenters. The third-order valence-electron chi connectivity index (χ3n) is 3.22. The summed E-state index contributed by atoms with van der Waals surface area (Å²) < 4.78 is 0. The topological polar surface area (TPSA) is 32.9 Å². The fourth-order valence-electron chi connectivity index (χ4n) is 2.17. The van der Waals surface area contributed by atoms with Crippen molar-refractivity contribution in [2.75, 3.05) is 0 Å². The molecule has 0 saturated heterocycles. The van der Waals surface area contributed by atoms with Crippen molar-refractivity contribution >= 4 is 16.7 Å². The van der Waals surface area contributed by atoms with Gasteiger partial charge in [-0.05, 0) is 24.5 Å². The quantitative estimate of drug-likeness (QED) is 0.792. The smallest absolute Gasteiger partial charge is 0.137 e. The van der Waals surface area contributed by atoms with Crippen LogP contribution in [-0.4, -0.2) is 10.8 Å². The van der Waals surface area contributed by atoms with Crippen molar-refractivity contribution in [3.05, 3.63) is 35.5 Å². The van der Waals surface area contributed by atoms with E-state index >= 15 is 0 Å². The zero-order chi connectivity index (χ0) is 10.4. The molecular formula is C13H13NO. The minimum absolute atomic E-state index is 0.296. The van der Waals surface area contributed by atoms with E-state index in [0.717, 1.165) is 12.8 Å². The van der Waals surface area contributed by atoms with Crippen LogP contribution >= 0.6 is 0 Å². The Balaban J connectivity index is 2.04. The maximum absolute atomic E-state index is 11.0. The Morgan fingerprint density at radius 3 is 3.00 bits per heavy atom. The Hall–Kier alpha value is -1.57. The highest BCUT2D eigenvalue weighted by Crippen LogP contribution is 2.31. The molecule has 15 heavy (non-hydrogen) atoms. The summed E-state index contributed by atoms with van der Waals surface area (Å²) >= 11 is 0. The predicted molar refractivity (Wildman–Crippen MR) is 59.9 cm³/mol. The molecule has 3 rings (SSSR count). The Bertz CT molecular complexity index is 538. The molecule has 1 saturated carbocycles. The van der Waals surface area contributed by atoms with Crippen molar-refractivity contribution in [1.82, 2.24) is 4.98 Å². The SMILES string of the molecule is Cc1cccc2c(C[C@@H]3CC3=O)c[nH]c12. The van der Waals surface area contributed by atoms with Crippen LogP contribution in [0.1, 0.15) is 17.5 Å². The molecule has 1 aromatic heterocycles. The number of aromatic nitrogens is 1. The number of para-hydroxylation sites is 1. The molecule has 0 spiro atoms. The Morgan fingerprint density at radius 2 is 2.27 bits per heavy atom. The third kappa shape index (κ3) is 1.37. The second-order valence-electron chi connectivity index (χ2n) is 4.38. The molecule has 1 heterocycles. The molecule has 76 valence electrons. The summed E-state index contributed by atoms with van der Waals surface area (Å²) in [6, 6.07) is 6.30. The van der Waals surface area contributed by atoms with E-state index in [1.54, 1.807) is 0 Å². The van der Waals surface area contributed by atoms with Gasteiger partial charge >= 0.3 is 0 Å². The maximum Gasteiger partial charge on any atom is 0.137 e. The number of aromatic amines is 1. The highest BCUT2D eigenvalue weighted by atomic mass is 16.1. The van der Waals surface area contributed by atoms with E-state index in [0.29, 0.717) is 11.7 Å². The van der Waals surface area contributed by atoms with Gasteiger partial charge in [-0.25, -0.2) is 0 Å². The zero-order valence-electron chi connectivity index (χ0n) is 8.71. The normalized spacial score (nSPS) is 19.8. The second-order valence-corrected chi connectivity index (χ2v) is 4.38. The molecule has 1 fully saturated rings. The number of hydrogen-bond acceptors (Lipinski definition) is 1. The van der Waals surface area contributed by atoms with Crippen LogP contribution in [0.4, 0.5) is 0 Å². The van der Waals surface area contributed by atoms with Crippen molar-refractivity contribution in [2.24, 2.45) is 5.92 Å². The molecule has 1 atom stereocenters. The molecule has 2 heteroatoms. The van der Waals surface area contributed by atoms with Crippen LogP contribution in [0.5, 0.6) is 0 Å². The number of benzene rings is 1. The number of hydrogen-bond donors (Lipinski definition) is 1. The minimum Gasteiger partial charge on any atom is -0.361 e. The van der Waals surface area contributed by atoms with Gasteiger partial charge in [0, 0.05) is 29.4 Å². The maximum atomic E-state index is 11.0. The van der Waals surface area contributed by atoms with Crippen LogP contribution in [-0.2, 0) is 11.2 Å². The number of carbonyl (C=O) groups excluding carboxylic acids is 1. The number of aryl methyl sites for hydroxylation is 1. The van der Waals surface area contributed by atoms with E-state index in [1.165, 1.54) is 22.0 Å². The van der Waals surface area contributed by atoms with E-state index < -0.39 is 0 Å². The van der Waals surface area contributed by atoms with Gasteiger partial charge < -0.3 is 4.98 Å².